The fourth-order valence-corrected chi connectivity index (χ4v) is 2.60. The van der Waals surface area contributed by atoms with Crippen molar-refractivity contribution < 1.29 is 9.53 Å². The SMILES string of the molecule is COC1CCC(C(=O)NCCc2ccccc2)N1C. The molecule has 1 saturated heterocycles. The number of likely N-dealkylation sites (N-methyl/N-ethyl adjacent to an activating group) is 1. The molecule has 2 unspecified atom stereocenters. The number of amides is 1. The molecule has 1 aliphatic rings. The van der Waals surface area contributed by atoms with E-state index in [1.807, 2.05) is 30.1 Å². The summed E-state index contributed by atoms with van der Waals surface area (Å²) in [5.41, 5.74) is 1.25. The molecule has 0 saturated carbocycles. The summed E-state index contributed by atoms with van der Waals surface area (Å²) in [6.07, 6.45) is 2.73. The maximum absolute atomic E-state index is 12.1. The number of carbonyl (C=O) groups excluding carboxylic acids is 1. The first-order chi connectivity index (χ1) is 9.22. The largest absolute Gasteiger partial charge is 0.366 e. The molecular weight excluding hydrogens is 240 g/mol. The zero-order chi connectivity index (χ0) is 13.7. The zero-order valence-corrected chi connectivity index (χ0v) is 11.6. The molecule has 4 nitrogen and oxygen atoms in total. The maximum atomic E-state index is 12.1. The Morgan fingerprint density at radius 1 is 1.37 bits per heavy atom. The second-order valence-corrected chi connectivity index (χ2v) is 4.98. The maximum Gasteiger partial charge on any atom is 0.237 e. The van der Waals surface area contributed by atoms with E-state index in [0.717, 1.165) is 19.3 Å². The van der Waals surface area contributed by atoms with Crippen LogP contribution in [0.3, 0.4) is 0 Å². The molecule has 1 fully saturated rings. The van der Waals surface area contributed by atoms with Crippen LogP contribution in [0.25, 0.3) is 0 Å². The van der Waals surface area contributed by atoms with Gasteiger partial charge in [0.05, 0.1) is 6.04 Å². The molecule has 0 spiro atoms. The third kappa shape index (κ3) is 3.55. The van der Waals surface area contributed by atoms with Crippen LogP contribution in [0.1, 0.15) is 18.4 Å². The number of hydrogen-bond acceptors (Lipinski definition) is 3. The van der Waals surface area contributed by atoms with E-state index in [2.05, 4.69) is 17.4 Å². The molecule has 1 aliphatic heterocycles. The van der Waals surface area contributed by atoms with Crippen LogP contribution >= 0.6 is 0 Å². The lowest BCUT2D eigenvalue weighted by molar-refractivity contribution is -0.127. The normalized spacial score (nSPS) is 23.5. The number of methoxy groups -OCH3 is 1. The number of nitrogens with zero attached hydrogens (tertiary/aromatic N) is 1. The third-order valence-corrected chi connectivity index (χ3v) is 3.76. The van der Waals surface area contributed by atoms with E-state index in [1.54, 1.807) is 7.11 Å². The van der Waals surface area contributed by atoms with E-state index in [9.17, 15) is 4.79 Å². The molecule has 4 heteroatoms. The fourth-order valence-electron chi connectivity index (χ4n) is 2.60. The Morgan fingerprint density at radius 3 is 2.74 bits per heavy atom. The second kappa shape index (κ2) is 6.68. The van der Waals surface area contributed by atoms with Crippen LogP contribution in [-0.4, -0.2) is 43.8 Å². The highest BCUT2D eigenvalue weighted by Crippen LogP contribution is 2.22. The third-order valence-electron chi connectivity index (χ3n) is 3.76. The predicted octanol–water partition coefficient (Wildman–Crippen LogP) is 1.41. The lowest BCUT2D eigenvalue weighted by atomic mass is 10.1. The average molecular weight is 262 g/mol. The quantitative estimate of drug-likeness (QED) is 0.872. The van der Waals surface area contributed by atoms with Crippen molar-refractivity contribution in [1.82, 2.24) is 10.2 Å². The number of benzene rings is 1. The topological polar surface area (TPSA) is 41.6 Å². The van der Waals surface area contributed by atoms with Crippen LogP contribution in [0.5, 0.6) is 0 Å². The molecule has 0 aliphatic carbocycles. The monoisotopic (exact) mass is 262 g/mol. The van der Waals surface area contributed by atoms with E-state index < -0.39 is 0 Å². The molecule has 1 aromatic rings. The van der Waals surface area contributed by atoms with Gasteiger partial charge < -0.3 is 10.1 Å². The summed E-state index contributed by atoms with van der Waals surface area (Å²) in [6, 6.07) is 10.1. The van der Waals surface area contributed by atoms with E-state index >= 15 is 0 Å². The van der Waals surface area contributed by atoms with Crippen molar-refractivity contribution in [3.63, 3.8) is 0 Å². The number of hydrogen-bond donors (Lipinski definition) is 1. The minimum atomic E-state index is -0.0549. The summed E-state index contributed by atoms with van der Waals surface area (Å²) in [7, 11) is 3.64. The van der Waals surface area contributed by atoms with Crippen molar-refractivity contribution in [2.45, 2.75) is 31.5 Å². The highest BCUT2D eigenvalue weighted by molar-refractivity contribution is 5.82. The van der Waals surface area contributed by atoms with Crippen molar-refractivity contribution in [2.24, 2.45) is 0 Å². The molecule has 2 atom stereocenters. The molecule has 104 valence electrons. The van der Waals surface area contributed by atoms with Gasteiger partial charge in [0, 0.05) is 13.7 Å². The Morgan fingerprint density at radius 2 is 2.11 bits per heavy atom. The first-order valence-corrected chi connectivity index (χ1v) is 6.78. The molecule has 2 rings (SSSR count). The van der Waals surface area contributed by atoms with Gasteiger partial charge in [-0.3, -0.25) is 9.69 Å². The summed E-state index contributed by atoms with van der Waals surface area (Å²) in [6.45, 7) is 0.685. The van der Waals surface area contributed by atoms with Gasteiger partial charge in [-0.15, -0.1) is 0 Å². The first kappa shape index (κ1) is 14.0. The second-order valence-electron chi connectivity index (χ2n) is 4.98. The van der Waals surface area contributed by atoms with E-state index in [1.165, 1.54) is 5.56 Å². The summed E-state index contributed by atoms with van der Waals surface area (Å²) in [5, 5.41) is 3.01. The van der Waals surface area contributed by atoms with Gasteiger partial charge in [-0.25, -0.2) is 0 Å². The van der Waals surface area contributed by atoms with Crippen molar-refractivity contribution in [1.29, 1.82) is 0 Å². The van der Waals surface area contributed by atoms with Crippen LogP contribution in [0.4, 0.5) is 0 Å². The molecule has 0 aromatic heterocycles. The van der Waals surface area contributed by atoms with Gasteiger partial charge >= 0.3 is 0 Å². The van der Waals surface area contributed by atoms with Crippen LogP contribution in [-0.2, 0) is 16.0 Å². The lowest BCUT2D eigenvalue weighted by Crippen LogP contribution is -2.44. The summed E-state index contributed by atoms with van der Waals surface area (Å²) < 4.78 is 5.32. The smallest absolute Gasteiger partial charge is 0.237 e. The number of likely N-dealkylation sites (tertiary alicyclic amines) is 1. The Bertz CT molecular complexity index is 408. The Hall–Kier alpha value is -1.39. The molecule has 1 N–H and O–H groups in total. The van der Waals surface area contributed by atoms with E-state index in [0.29, 0.717) is 6.54 Å². The number of rotatable bonds is 5. The Labute approximate surface area is 114 Å². The average Bonchev–Trinajstić information content (AvgIpc) is 2.81. The van der Waals surface area contributed by atoms with Crippen molar-refractivity contribution in [3.05, 3.63) is 35.9 Å². The number of nitrogens with one attached hydrogen (secondary N) is 1. The number of ether oxygens (including phenoxy) is 1. The highest BCUT2D eigenvalue weighted by Gasteiger charge is 2.34. The molecule has 0 radical (unpaired) electrons. The van der Waals surface area contributed by atoms with Crippen LogP contribution in [0.15, 0.2) is 30.3 Å². The van der Waals surface area contributed by atoms with Gasteiger partial charge in [-0.2, -0.15) is 0 Å². The minimum Gasteiger partial charge on any atom is -0.366 e. The van der Waals surface area contributed by atoms with Crippen molar-refractivity contribution in [2.75, 3.05) is 20.7 Å². The van der Waals surface area contributed by atoms with E-state index in [-0.39, 0.29) is 18.2 Å². The summed E-state index contributed by atoms with van der Waals surface area (Å²) in [5.74, 6) is 0.109. The first-order valence-electron chi connectivity index (χ1n) is 6.78. The minimum absolute atomic E-state index is 0.0549. The standard InChI is InChI=1S/C15H22N2O2/c1-17-13(8-9-14(17)19-2)15(18)16-11-10-12-6-4-3-5-7-12/h3-7,13-14H,8-11H2,1-2H3,(H,16,18). The van der Waals surface area contributed by atoms with Gasteiger partial charge in [0.25, 0.3) is 0 Å². The van der Waals surface area contributed by atoms with Crippen LogP contribution in [0, 0.1) is 0 Å². The fraction of sp³-hybridized carbons (Fsp3) is 0.533. The molecule has 19 heavy (non-hydrogen) atoms. The Balaban J connectivity index is 1.76. The Kier molecular flexibility index (Phi) is 4.93. The molecule has 1 heterocycles. The zero-order valence-electron chi connectivity index (χ0n) is 11.6. The molecule has 1 aromatic carbocycles. The van der Waals surface area contributed by atoms with Gasteiger partial charge in [0.15, 0.2) is 0 Å². The molecule has 1 amide bonds. The van der Waals surface area contributed by atoms with E-state index in [4.69, 9.17) is 4.74 Å². The molecule has 0 bridgehead atoms. The van der Waals surface area contributed by atoms with Gasteiger partial charge in [-0.1, -0.05) is 30.3 Å². The van der Waals surface area contributed by atoms with Crippen LogP contribution in [0.2, 0.25) is 0 Å². The van der Waals surface area contributed by atoms with Crippen LogP contribution < -0.4 is 5.32 Å². The highest BCUT2D eigenvalue weighted by atomic mass is 16.5. The number of carbonyl (C=O) groups is 1. The van der Waals surface area contributed by atoms with Gasteiger partial charge in [0.1, 0.15) is 6.23 Å². The van der Waals surface area contributed by atoms with Crippen molar-refractivity contribution in [3.8, 4) is 0 Å². The molecular formula is C15H22N2O2. The van der Waals surface area contributed by atoms with Gasteiger partial charge in [0.2, 0.25) is 5.91 Å². The lowest BCUT2D eigenvalue weighted by Gasteiger charge is -2.23. The van der Waals surface area contributed by atoms with Crippen molar-refractivity contribution >= 4 is 5.91 Å². The summed E-state index contributed by atoms with van der Waals surface area (Å²) >= 11 is 0. The van der Waals surface area contributed by atoms with Gasteiger partial charge in [-0.05, 0) is 31.9 Å². The predicted molar refractivity (Wildman–Crippen MR) is 74.7 cm³/mol. The summed E-state index contributed by atoms with van der Waals surface area (Å²) in [4.78, 5) is 14.1.